The molecule has 0 unspecified atom stereocenters. The van der Waals surface area contributed by atoms with Crippen molar-refractivity contribution in [3.05, 3.63) is 77.3 Å². The molecule has 0 aliphatic carbocycles. The molecule has 3 nitrogen and oxygen atoms in total. The van der Waals surface area contributed by atoms with E-state index in [-0.39, 0.29) is 11.9 Å². The van der Waals surface area contributed by atoms with Crippen LogP contribution in [0.3, 0.4) is 0 Å². The predicted molar refractivity (Wildman–Crippen MR) is 85.9 cm³/mol. The number of hydrogen-bond donors (Lipinski definition) is 0. The molecule has 22 heavy (non-hydrogen) atoms. The largest absolute Gasteiger partial charge is 0.354 e. The zero-order valence-corrected chi connectivity index (χ0v) is 12.5. The predicted octanol–water partition coefficient (Wildman–Crippen LogP) is 4.13. The third-order valence-corrected chi connectivity index (χ3v) is 4.55. The van der Waals surface area contributed by atoms with Crippen LogP contribution in [0.1, 0.15) is 22.2 Å². The van der Waals surface area contributed by atoms with Gasteiger partial charge in [-0.25, -0.2) is 4.98 Å². The third-order valence-electron chi connectivity index (χ3n) is 3.64. The van der Waals surface area contributed by atoms with E-state index in [4.69, 9.17) is 4.74 Å². The summed E-state index contributed by atoms with van der Waals surface area (Å²) in [6, 6.07) is 19.3. The molecule has 3 aromatic rings. The summed E-state index contributed by atoms with van der Waals surface area (Å²) in [4.78, 5) is 16.9. The highest BCUT2D eigenvalue weighted by Crippen LogP contribution is 2.41. The molecule has 2 atom stereocenters. The monoisotopic (exact) mass is 307 g/mol. The van der Waals surface area contributed by atoms with Crippen molar-refractivity contribution in [1.29, 1.82) is 0 Å². The van der Waals surface area contributed by atoms with E-state index in [1.807, 2.05) is 66.0 Å². The van der Waals surface area contributed by atoms with Gasteiger partial charge in [-0.3, -0.25) is 4.79 Å². The van der Waals surface area contributed by atoms with Gasteiger partial charge in [-0.2, -0.15) is 0 Å². The van der Waals surface area contributed by atoms with E-state index in [0.717, 1.165) is 16.3 Å². The highest BCUT2D eigenvalue weighted by Gasteiger charge is 2.47. The third kappa shape index (κ3) is 2.47. The van der Waals surface area contributed by atoms with Crippen LogP contribution < -0.4 is 0 Å². The molecular formula is C18H13NO2S. The van der Waals surface area contributed by atoms with Crippen LogP contribution in [0.2, 0.25) is 0 Å². The number of hydrogen-bond acceptors (Lipinski definition) is 4. The number of nitrogens with zero attached hydrogens (tertiary/aromatic N) is 1. The maximum atomic E-state index is 12.3. The Morgan fingerprint density at radius 2 is 1.68 bits per heavy atom. The quantitative estimate of drug-likeness (QED) is 0.537. The van der Waals surface area contributed by atoms with Gasteiger partial charge in [-0.1, -0.05) is 60.7 Å². The minimum absolute atomic E-state index is 0.0276. The summed E-state index contributed by atoms with van der Waals surface area (Å²) >= 11 is 1.58. The Bertz CT molecular complexity index is 798. The second kappa shape index (κ2) is 5.48. The first-order valence-electron chi connectivity index (χ1n) is 7.08. The second-order valence-corrected chi connectivity index (χ2v) is 6.01. The molecule has 0 saturated carbocycles. The Balaban J connectivity index is 1.51. The van der Waals surface area contributed by atoms with Crippen molar-refractivity contribution in [3.63, 3.8) is 0 Å². The summed E-state index contributed by atoms with van der Waals surface area (Å²) in [7, 11) is 0. The number of benzene rings is 2. The summed E-state index contributed by atoms with van der Waals surface area (Å²) in [6.45, 7) is 0. The summed E-state index contributed by atoms with van der Waals surface area (Å²) in [5.41, 5.74) is 2.62. The molecule has 1 aromatic heterocycles. The van der Waals surface area contributed by atoms with E-state index in [0.29, 0.717) is 5.56 Å². The van der Waals surface area contributed by atoms with Gasteiger partial charge >= 0.3 is 0 Å². The van der Waals surface area contributed by atoms with E-state index in [9.17, 15) is 4.79 Å². The van der Waals surface area contributed by atoms with Gasteiger partial charge < -0.3 is 4.74 Å². The molecule has 0 amide bonds. The average molecular weight is 307 g/mol. The maximum Gasteiger partial charge on any atom is 0.194 e. The number of thiazole rings is 1. The van der Waals surface area contributed by atoms with Crippen LogP contribution in [-0.4, -0.2) is 16.9 Å². The molecular weight excluding hydrogens is 294 g/mol. The van der Waals surface area contributed by atoms with Gasteiger partial charge in [-0.05, 0) is 0 Å². The fraction of sp³-hybridized carbons (Fsp3) is 0.111. The molecule has 4 rings (SSSR count). The molecule has 2 aromatic carbocycles. The van der Waals surface area contributed by atoms with Gasteiger partial charge in [0, 0.05) is 16.5 Å². The van der Waals surface area contributed by atoms with Gasteiger partial charge in [0.2, 0.25) is 0 Å². The topological polar surface area (TPSA) is 42.5 Å². The van der Waals surface area contributed by atoms with Crippen molar-refractivity contribution in [2.75, 3.05) is 0 Å². The van der Waals surface area contributed by atoms with E-state index in [1.165, 1.54) is 0 Å². The Kier molecular flexibility index (Phi) is 3.33. The van der Waals surface area contributed by atoms with E-state index < -0.39 is 6.10 Å². The molecule has 1 aliphatic rings. The highest BCUT2D eigenvalue weighted by molar-refractivity contribution is 7.13. The van der Waals surface area contributed by atoms with Crippen molar-refractivity contribution in [2.45, 2.75) is 12.2 Å². The fourth-order valence-corrected chi connectivity index (χ4v) is 3.28. The van der Waals surface area contributed by atoms with E-state index >= 15 is 0 Å². The molecule has 2 heterocycles. The number of ketones is 1. The van der Waals surface area contributed by atoms with Crippen LogP contribution in [-0.2, 0) is 4.74 Å². The minimum atomic E-state index is -0.395. The number of aromatic nitrogens is 1. The molecule has 4 heteroatoms. The average Bonchev–Trinajstić information content (AvgIpc) is 3.24. The lowest BCUT2D eigenvalue weighted by Crippen LogP contribution is -2.07. The smallest absolute Gasteiger partial charge is 0.194 e. The van der Waals surface area contributed by atoms with Gasteiger partial charge in [0.1, 0.15) is 11.1 Å². The number of carbonyl (C=O) groups excluding carboxylic acids is 1. The van der Waals surface area contributed by atoms with Crippen LogP contribution in [0.5, 0.6) is 0 Å². The molecule has 1 saturated heterocycles. The Morgan fingerprint density at radius 1 is 1.00 bits per heavy atom. The maximum absolute atomic E-state index is 12.3. The van der Waals surface area contributed by atoms with E-state index in [2.05, 4.69) is 4.98 Å². The molecule has 108 valence electrons. The summed E-state index contributed by atoms with van der Waals surface area (Å²) in [6.07, 6.45) is -0.602. The van der Waals surface area contributed by atoms with Gasteiger partial charge in [-0.15, -0.1) is 11.3 Å². The van der Waals surface area contributed by atoms with Gasteiger partial charge in [0.05, 0.1) is 5.69 Å². The van der Waals surface area contributed by atoms with Gasteiger partial charge in [0.25, 0.3) is 0 Å². The van der Waals surface area contributed by atoms with Crippen molar-refractivity contribution in [2.24, 2.45) is 0 Å². The number of epoxide rings is 1. The Labute approximate surface area is 132 Å². The van der Waals surface area contributed by atoms with Crippen molar-refractivity contribution < 1.29 is 9.53 Å². The van der Waals surface area contributed by atoms with Crippen LogP contribution in [0.4, 0.5) is 0 Å². The minimum Gasteiger partial charge on any atom is -0.354 e. The normalized spacial score (nSPS) is 19.8. The van der Waals surface area contributed by atoms with Crippen molar-refractivity contribution in [1.82, 2.24) is 4.98 Å². The number of rotatable bonds is 4. The molecule has 1 fully saturated rings. The lowest BCUT2D eigenvalue weighted by Gasteiger charge is -1.95. The summed E-state index contributed by atoms with van der Waals surface area (Å²) in [5, 5.41) is 2.93. The molecule has 0 radical (unpaired) electrons. The van der Waals surface area contributed by atoms with Crippen molar-refractivity contribution >= 4 is 17.1 Å². The van der Waals surface area contributed by atoms with Gasteiger partial charge in [0.15, 0.2) is 11.9 Å². The van der Waals surface area contributed by atoms with Crippen LogP contribution in [0.25, 0.3) is 10.6 Å². The molecule has 0 spiro atoms. The molecule has 0 bridgehead atoms. The van der Waals surface area contributed by atoms with Crippen LogP contribution >= 0.6 is 11.3 Å². The number of ether oxygens (including phenoxy) is 1. The first kappa shape index (κ1) is 13.4. The van der Waals surface area contributed by atoms with Crippen molar-refractivity contribution in [3.8, 4) is 10.6 Å². The standard InChI is InChI=1S/C18H13NO2S/c20-15(12-7-3-1-4-8-12)17-16(21-17)14-11-22-18(19-14)13-9-5-2-6-10-13/h1-11,16-17H/t16-,17-/m0/s1. The Morgan fingerprint density at radius 3 is 2.41 bits per heavy atom. The zero-order valence-electron chi connectivity index (χ0n) is 11.7. The summed E-state index contributed by atoms with van der Waals surface area (Å²) in [5.74, 6) is 0.0276. The first-order chi connectivity index (χ1) is 10.8. The summed E-state index contributed by atoms with van der Waals surface area (Å²) < 4.78 is 5.56. The lowest BCUT2D eigenvalue weighted by atomic mass is 10.1. The SMILES string of the molecule is O=C(c1ccccc1)[C@@H]1O[C@H]1c1csc(-c2ccccc2)n1. The van der Waals surface area contributed by atoms with Crippen LogP contribution in [0, 0.1) is 0 Å². The molecule has 1 aliphatic heterocycles. The molecule has 0 N–H and O–H groups in total. The first-order valence-corrected chi connectivity index (χ1v) is 7.96. The fourth-order valence-electron chi connectivity index (χ4n) is 2.43. The van der Waals surface area contributed by atoms with Crippen LogP contribution in [0.15, 0.2) is 66.0 Å². The zero-order chi connectivity index (χ0) is 14.9. The van der Waals surface area contributed by atoms with E-state index in [1.54, 1.807) is 11.3 Å². The number of Topliss-reactive ketones (excluding diaryl/α,β-unsaturated/α-hetero) is 1. The highest BCUT2D eigenvalue weighted by atomic mass is 32.1. The lowest BCUT2D eigenvalue weighted by molar-refractivity contribution is 0.0953. The number of carbonyl (C=O) groups is 1. The Hall–Kier alpha value is -2.30. The second-order valence-electron chi connectivity index (χ2n) is 5.15.